The molecule has 0 saturated heterocycles. The number of anilines is 2. The number of nitrogens with two attached hydrogens (primary N) is 1. The van der Waals surface area contributed by atoms with Crippen molar-refractivity contribution >= 4 is 34.8 Å². The Hall–Kier alpha value is -1.52. The Morgan fingerprint density at radius 3 is 2.56 bits per heavy atom. The smallest absolute Gasteiger partial charge is 0.149 e. The third kappa shape index (κ3) is 2.83. The first-order valence-corrected chi connectivity index (χ1v) is 6.05. The highest BCUT2D eigenvalue weighted by Gasteiger charge is 2.11. The van der Waals surface area contributed by atoms with Crippen molar-refractivity contribution in [2.45, 2.75) is 6.54 Å². The Kier molecular flexibility index (Phi) is 3.89. The maximum atomic E-state index is 6.11. The second kappa shape index (κ2) is 5.42. The molecule has 0 atom stereocenters. The molecule has 0 amide bonds. The molecule has 2 aromatic heterocycles. The van der Waals surface area contributed by atoms with Crippen LogP contribution in [0.15, 0.2) is 30.6 Å². The van der Waals surface area contributed by atoms with Crippen LogP contribution in [0.3, 0.4) is 0 Å². The van der Waals surface area contributed by atoms with Gasteiger partial charge in [-0.05, 0) is 23.8 Å². The predicted octanol–water partition coefficient (Wildman–Crippen LogP) is 3.00. The number of hydrogen-bond acceptors (Lipinski definition) is 4. The number of halogens is 2. The van der Waals surface area contributed by atoms with Gasteiger partial charge < -0.3 is 10.6 Å². The highest BCUT2D eigenvalue weighted by molar-refractivity contribution is 6.37. The number of nitrogen functional groups attached to an aromatic ring is 1. The third-order valence-electron chi connectivity index (χ3n) is 2.47. The van der Waals surface area contributed by atoms with E-state index in [-0.39, 0.29) is 5.82 Å². The van der Waals surface area contributed by atoms with Crippen LogP contribution in [0, 0.1) is 0 Å². The molecule has 0 saturated carbocycles. The lowest BCUT2D eigenvalue weighted by Crippen LogP contribution is -2.18. The fourth-order valence-corrected chi connectivity index (χ4v) is 2.08. The summed E-state index contributed by atoms with van der Waals surface area (Å²) in [6.45, 7) is 0.663. The molecular weight excluding hydrogens is 271 g/mol. The van der Waals surface area contributed by atoms with Crippen molar-refractivity contribution in [2.24, 2.45) is 0 Å². The highest BCUT2D eigenvalue weighted by Crippen LogP contribution is 2.29. The van der Waals surface area contributed by atoms with Crippen molar-refractivity contribution in [1.29, 1.82) is 0 Å². The molecule has 0 bridgehead atoms. The zero-order valence-electron chi connectivity index (χ0n) is 9.77. The van der Waals surface area contributed by atoms with E-state index in [1.807, 2.05) is 24.1 Å². The van der Waals surface area contributed by atoms with Crippen molar-refractivity contribution in [3.05, 3.63) is 46.2 Å². The minimum Gasteiger partial charge on any atom is -0.382 e. The summed E-state index contributed by atoms with van der Waals surface area (Å²) in [5.74, 6) is 0.882. The molecule has 2 N–H and O–H groups in total. The first kappa shape index (κ1) is 12.9. The first-order valence-electron chi connectivity index (χ1n) is 5.29. The van der Waals surface area contributed by atoms with Gasteiger partial charge in [-0.2, -0.15) is 0 Å². The third-order valence-corrected chi connectivity index (χ3v) is 3.05. The van der Waals surface area contributed by atoms with Gasteiger partial charge in [-0.1, -0.05) is 23.2 Å². The Balaban J connectivity index is 2.24. The molecule has 94 valence electrons. The normalized spacial score (nSPS) is 10.4. The number of hydrogen-bond donors (Lipinski definition) is 1. The number of aromatic nitrogens is 2. The van der Waals surface area contributed by atoms with Gasteiger partial charge in [-0.25, -0.2) is 4.98 Å². The van der Waals surface area contributed by atoms with E-state index in [4.69, 9.17) is 28.9 Å². The molecule has 0 radical (unpaired) electrons. The van der Waals surface area contributed by atoms with Crippen LogP contribution in [0.25, 0.3) is 0 Å². The quantitative estimate of drug-likeness (QED) is 0.940. The van der Waals surface area contributed by atoms with Crippen molar-refractivity contribution in [2.75, 3.05) is 17.7 Å². The van der Waals surface area contributed by atoms with Gasteiger partial charge >= 0.3 is 0 Å². The van der Waals surface area contributed by atoms with E-state index in [0.29, 0.717) is 22.4 Å². The van der Waals surface area contributed by atoms with Crippen LogP contribution in [-0.2, 0) is 6.54 Å². The molecule has 0 fully saturated rings. The van der Waals surface area contributed by atoms with Gasteiger partial charge in [0.15, 0.2) is 0 Å². The maximum Gasteiger partial charge on any atom is 0.149 e. The topological polar surface area (TPSA) is 55.0 Å². The molecule has 2 heterocycles. The Labute approximate surface area is 115 Å². The zero-order chi connectivity index (χ0) is 13.1. The summed E-state index contributed by atoms with van der Waals surface area (Å²) in [6, 6.07) is 5.47. The SMILES string of the molecule is CN(Cc1ccncc1)c1nc(N)c(Cl)cc1Cl. The molecule has 0 aliphatic heterocycles. The summed E-state index contributed by atoms with van der Waals surface area (Å²) >= 11 is 12.0. The van der Waals surface area contributed by atoms with Crippen LogP contribution in [0.5, 0.6) is 0 Å². The van der Waals surface area contributed by atoms with Crippen LogP contribution < -0.4 is 10.6 Å². The van der Waals surface area contributed by atoms with E-state index in [9.17, 15) is 0 Å². The van der Waals surface area contributed by atoms with Gasteiger partial charge in [0, 0.05) is 26.0 Å². The number of pyridine rings is 2. The Morgan fingerprint density at radius 1 is 1.22 bits per heavy atom. The van der Waals surface area contributed by atoms with E-state index in [1.54, 1.807) is 18.5 Å². The molecule has 0 aromatic carbocycles. The molecular formula is C12H12Cl2N4. The van der Waals surface area contributed by atoms with Gasteiger partial charge in [-0.15, -0.1) is 0 Å². The lowest BCUT2D eigenvalue weighted by atomic mass is 10.2. The summed E-state index contributed by atoms with van der Waals surface area (Å²) in [6.07, 6.45) is 3.49. The number of rotatable bonds is 3. The Morgan fingerprint density at radius 2 is 1.89 bits per heavy atom. The van der Waals surface area contributed by atoms with Crippen LogP contribution in [0.1, 0.15) is 5.56 Å². The maximum absolute atomic E-state index is 6.11. The first-order chi connectivity index (χ1) is 8.58. The summed E-state index contributed by atoms with van der Waals surface area (Å²) < 4.78 is 0. The average Bonchev–Trinajstić information content (AvgIpc) is 2.35. The summed E-state index contributed by atoms with van der Waals surface area (Å²) in [5, 5.41) is 0.840. The molecule has 0 aliphatic carbocycles. The van der Waals surface area contributed by atoms with E-state index in [0.717, 1.165) is 5.56 Å². The molecule has 0 spiro atoms. The standard InChI is InChI=1S/C12H12Cl2N4/c1-18(7-8-2-4-16-5-3-8)12-10(14)6-9(13)11(15)17-12/h2-6H,7H2,1H3,(H2,15,17). The van der Waals surface area contributed by atoms with Crippen molar-refractivity contribution in [1.82, 2.24) is 9.97 Å². The van der Waals surface area contributed by atoms with E-state index >= 15 is 0 Å². The molecule has 2 aromatic rings. The van der Waals surface area contributed by atoms with Crippen LogP contribution >= 0.6 is 23.2 Å². The second-order valence-electron chi connectivity index (χ2n) is 3.87. The van der Waals surface area contributed by atoms with E-state index in [2.05, 4.69) is 9.97 Å². The van der Waals surface area contributed by atoms with Crippen molar-refractivity contribution < 1.29 is 0 Å². The van der Waals surface area contributed by atoms with Crippen LogP contribution in [-0.4, -0.2) is 17.0 Å². The fraction of sp³-hybridized carbons (Fsp3) is 0.167. The lowest BCUT2D eigenvalue weighted by Gasteiger charge is -2.20. The molecule has 0 aliphatic rings. The van der Waals surface area contributed by atoms with Gasteiger partial charge in [0.05, 0.1) is 10.0 Å². The Bertz CT molecular complexity index is 545. The average molecular weight is 283 g/mol. The molecule has 18 heavy (non-hydrogen) atoms. The summed E-state index contributed by atoms with van der Waals surface area (Å²) in [5.41, 5.74) is 6.79. The van der Waals surface area contributed by atoms with Crippen LogP contribution in [0.4, 0.5) is 11.6 Å². The van der Waals surface area contributed by atoms with Gasteiger partial charge in [-0.3, -0.25) is 4.98 Å². The van der Waals surface area contributed by atoms with Crippen LogP contribution in [0.2, 0.25) is 10.0 Å². The molecule has 0 unspecified atom stereocenters. The predicted molar refractivity (Wildman–Crippen MR) is 75.0 cm³/mol. The molecule has 6 heteroatoms. The van der Waals surface area contributed by atoms with E-state index in [1.165, 1.54) is 0 Å². The monoisotopic (exact) mass is 282 g/mol. The van der Waals surface area contributed by atoms with E-state index < -0.39 is 0 Å². The lowest BCUT2D eigenvalue weighted by molar-refractivity contribution is 0.897. The fourth-order valence-electron chi connectivity index (χ4n) is 1.58. The minimum atomic E-state index is 0.276. The van der Waals surface area contributed by atoms with Gasteiger partial charge in [0.2, 0.25) is 0 Å². The van der Waals surface area contributed by atoms with Crippen molar-refractivity contribution in [3.63, 3.8) is 0 Å². The van der Waals surface area contributed by atoms with Crippen molar-refractivity contribution in [3.8, 4) is 0 Å². The van der Waals surface area contributed by atoms with Gasteiger partial charge in [0.25, 0.3) is 0 Å². The van der Waals surface area contributed by atoms with Gasteiger partial charge in [0.1, 0.15) is 11.6 Å². The minimum absolute atomic E-state index is 0.276. The molecule has 2 rings (SSSR count). The highest BCUT2D eigenvalue weighted by atomic mass is 35.5. The summed E-state index contributed by atoms with van der Waals surface area (Å²) in [4.78, 5) is 10.1. The molecule has 4 nitrogen and oxygen atoms in total. The second-order valence-corrected chi connectivity index (χ2v) is 4.69. The zero-order valence-corrected chi connectivity index (χ0v) is 11.3. The summed E-state index contributed by atoms with van der Waals surface area (Å²) in [7, 11) is 1.89. The number of nitrogens with zero attached hydrogens (tertiary/aromatic N) is 3. The largest absolute Gasteiger partial charge is 0.382 e.